The molecule has 1 N–H and O–H groups in total. The third-order valence-corrected chi connectivity index (χ3v) is 12.0. The normalized spacial score (nSPS) is 48.6. The molecule has 1 saturated heterocycles. The monoisotopic (exact) mass is 486 g/mol. The Kier molecular flexibility index (Phi) is 6.69. The molecule has 3 unspecified atom stereocenters. The minimum absolute atomic E-state index is 0.0463. The maximum atomic E-state index is 13.2. The van der Waals surface area contributed by atoms with E-state index in [9.17, 15) is 19.5 Å². The Balaban J connectivity index is 0.000000421. The third-order valence-electron chi connectivity index (χ3n) is 12.0. The summed E-state index contributed by atoms with van der Waals surface area (Å²) in [5.41, 5.74) is 0.369. The SMILES string of the molecule is CCC(=O)[C@@]1(C)C(C)CC2C3C[C@H](C)C4=CC(=O)CC[C@]4(C)[C@@]3(C)[C@@H](O)C[C@@]21C.O=C1CCCO1. The van der Waals surface area contributed by atoms with Crippen LogP contribution in [0.5, 0.6) is 0 Å². The van der Waals surface area contributed by atoms with Gasteiger partial charge in [-0.05, 0) is 72.7 Å². The number of rotatable bonds is 2. The van der Waals surface area contributed by atoms with Crippen molar-refractivity contribution in [2.75, 3.05) is 6.61 Å². The van der Waals surface area contributed by atoms with Gasteiger partial charge in [0.05, 0.1) is 12.7 Å². The molecule has 0 spiro atoms. The number of aliphatic hydroxyl groups excluding tert-OH is 1. The summed E-state index contributed by atoms with van der Waals surface area (Å²) in [6, 6.07) is 0. The molecule has 0 aromatic rings. The Morgan fingerprint density at radius 2 is 1.77 bits per heavy atom. The Bertz CT molecular complexity index is 929. The van der Waals surface area contributed by atoms with Crippen LogP contribution >= 0.6 is 0 Å². The summed E-state index contributed by atoms with van der Waals surface area (Å²) in [5, 5.41) is 11.8. The van der Waals surface area contributed by atoms with Crippen LogP contribution in [-0.4, -0.2) is 35.4 Å². The molecular weight excluding hydrogens is 440 g/mol. The van der Waals surface area contributed by atoms with E-state index < -0.39 is 6.10 Å². The molecule has 5 heteroatoms. The van der Waals surface area contributed by atoms with Crippen LogP contribution in [0.2, 0.25) is 0 Å². The van der Waals surface area contributed by atoms with E-state index in [0.717, 1.165) is 25.7 Å². The predicted octanol–water partition coefficient (Wildman–Crippen LogP) is 5.68. The molecule has 0 aromatic heterocycles. The number of allylic oxidation sites excluding steroid dienone is 1. The highest BCUT2D eigenvalue weighted by atomic mass is 16.5. The van der Waals surface area contributed by atoms with Crippen LogP contribution in [0.3, 0.4) is 0 Å². The van der Waals surface area contributed by atoms with Gasteiger partial charge in [0.15, 0.2) is 5.78 Å². The van der Waals surface area contributed by atoms with E-state index in [2.05, 4.69) is 46.3 Å². The van der Waals surface area contributed by atoms with E-state index in [1.807, 2.05) is 13.0 Å². The molecule has 5 aliphatic rings. The molecule has 0 bridgehead atoms. The summed E-state index contributed by atoms with van der Waals surface area (Å²) in [5.74, 6) is 2.10. The van der Waals surface area contributed by atoms with Gasteiger partial charge in [0.1, 0.15) is 5.78 Å². The van der Waals surface area contributed by atoms with Gasteiger partial charge in [0.2, 0.25) is 0 Å². The summed E-state index contributed by atoms with van der Waals surface area (Å²) < 4.78 is 4.51. The minimum atomic E-state index is -0.447. The van der Waals surface area contributed by atoms with E-state index in [-0.39, 0.29) is 33.4 Å². The second-order valence-electron chi connectivity index (χ2n) is 13.1. The number of fused-ring (bicyclic) bond motifs is 5. The van der Waals surface area contributed by atoms with Gasteiger partial charge >= 0.3 is 5.97 Å². The third kappa shape index (κ3) is 3.54. The van der Waals surface area contributed by atoms with Crippen LogP contribution in [0, 0.1) is 45.3 Å². The van der Waals surface area contributed by atoms with Gasteiger partial charge < -0.3 is 9.84 Å². The number of Topliss-reactive ketones (excluding diaryl/α,β-unsaturated/α-hetero) is 1. The number of carbonyl (C=O) groups is 3. The lowest BCUT2D eigenvalue weighted by Gasteiger charge is -2.68. The lowest BCUT2D eigenvalue weighted by Crippen LogP contribution is -2.65. The number of hydrogen-bond donors (Lipinski definition) is 1. The molecule has 4 aliphatic carbocycles. The zero-order valence-electron chi connectivity index (χ0n) is 22.9. The van der Waals surface area contributed by atoms with Crippen molar-refractivity contribution >= 4 is 17.5 Å². The molecule has 5 rings (SSSR count). The van der Waals surface area contributed by atoms with E-state index in [0.29, 0.717) is 61.7 Å². The van der Waals surface area contributed by atoms with Crippen LogP contribution < -0.4 is 0 Å². The summed E-state index contributed by atoms with van der Waals surface area (Å²) >= 11 is 0. The largest absolute Gasteiger partial charge is 0.466 e. The highest BCUT2D eigenvalue weighted by Crippen LogP contribution is 2.75. The van der Waals surface area contributed by atoms with Crippen molar-refractivity contribution in [2.45, 2.75) is 106 Å². The summed E-state index contributed by atoms with van der Waals surface area (Å²) in [6.45, 7) is 16.3. The molecule has 3 saturated carbocycles. The maximum Gasteiger partial charge on any atom is 0.305 e. The Morgan fingerprint density at radius 3 is 2.31 bits per heavy atom. The van der Waals surface area contributed by atoms with E-state index in [4.69, 9.17) is 0 Å². The van der Waals surface area contributed by atoms with Crippen LogP contribution in [-0.2, 0) is 19.1 Å². The zero-order valence-corrected chi connectivity index (χ0v) is 22.9. The highest BCUT2D eigenvalue weighted by Gasteiger charge is 2.72. The van der Waals surface area contributed by atoms with Crippen molar-refractivity contribution in [2.24, 2.45) is 45.3 Å². The minimum Gasteiger partial charge on any atom is -0.466 e. The molecule has 5 nitrogen and oxygen atoms in total. The van der Waals surface area contributed by atoms with Crippen molar-refractivity contribution in [3.8, 4) is 0 Å². The van der Waals surface area contributed by atoms with Gasteiger partial charge in [-0.25, -0.2) is 0 Å². The number of cyclic esters (lactones) is 1. The average molecular weight is 487 g/mol. The maximum absolute atomic E-state index is 13.2. The molecule has 1 aliphatic heterocycles. The molecule has 0 radical (unpaired) electrons. The van der Waals surface area contributed by atoms with Crippen molar-refractivity contribution < 1.29 is 24.2 Å². The second kappa shape index (κ2) is 8.82. The van der Waals surface area contributed by atoms with E-state index in [1.54, 1.807) is 0 Å². The van der Waals surface area contributed by atoms with Crippen molar-refractivity contribution in [1.82, 2.24) is 0 Å². The molecule has 0 aromatic carbocycles. The fourth-order valence-electron chi connectivity index (χ4n) is 9.39. The van der Waals surface area contributed by atoms with Gasteiger partial charge in [-0.3, -0.25) is 14.4 Å². The smallest absolute Gasteiger partial charge is 0.305 e. The molecule has 4 fully saturated rings. The first kappa shape index (κ1) is 26.6. The Hall–Kier alpha value is -1.49. The zero-order chi connectivity index (χ0) is 26.0. The van der Waals surface area contributed by atoms with Crippen molar-refractivity contribution in [3.05, 3.63) is 11.6 Å². The Morgan fingerprint density at radius 1 is 1.09 bits per heavy atom. The first-order valence-corrected chi connectivity index (χ1v) is 13.9. The number of ketones is 2. The van der Waals surface area contributed by atoms with Crippen molar-refractivity contribution in [3.63, 3.8) is 0 Å². The number of carbonyl (C=O) groups excluding carboxylic acids is 3. The number of esters is 1. The van der Waals surface area contributed by atoms with E-state index >= 15 is 0 Å². The van der Waals surface area contributed by atoms with E-state index in [1.165, 1.54) is 5.57 Å². The quantitative estimate of drug-likeness (QED) is 0.508. The summed E-state index contributed by atoms with van der Waals surface area (Å²) in [6.07, 6.45) is 7.81. The lowest BCUT2D eigenvalue weighted by atomic mass is 9.37. The molecule has 1 heterocycles. The molecule has 196 valence electrons. The summed E-state index contributed by atoms with van der Waals surface area (Å²) in [4.78, 5) is 35.5. The van der Waals surface area contributed by atoms with Gasteiger partial charge in [0, 0.05) is 30.1 Å². The topological polar surface area (TPSA) is 80.7 Å². The van der Waals surface area contributed by atoms with Crippen LogP contribution in [0.25, 0.3) is 0 Å². The van der Waals surface area contributed by atoms with Gasteiger partial charge in [-0.2, -0.15) is 0 Å². The second-order valence-corrected chi connectivity index (χ2v) is 13.1. The van der Waals surface area contributed by atoms with Crippen LogP contribution in [0.15, 0.2) is 11.6 Å². The lowest BCUT2D eigenvalue weighted by molar-refractivity contribution is -0.206. The average Bonchev–Trinajstić information content (AvgIpc) is 3.36. The fraction of sp³-hybridized carbons (Fsp3) is 0.833. The number of hydrogen-bond acceptors (Lipinski definition) is 5. The number of aliphatic hydroxyl groups is 1. The molecule has 0 amide bonds. The highest BCUT2D eigenvalue weighted by molar-refractivity contribution is 5.92. The first-order chi connectivity index (χ1) is 16.3. The fourth-order valence-corrected chi connectivity index (χ4v) is 9.39. The Labute approximate surface area is 211 Å². The molecule has 9 atom stereocenters. The van der Waals surface area contributed by atoms with Gasteiger partial charge in [-0.1, -0.05) is 54.0 Å². The first-order valence-electron chi connectivity index (χ1n) is 13.9. The van der Waals surface area contributed by atoms with Gasteiger partial charge in [-0.15, -0.1) is 0 Å². The predicted molar refractivity (Wildman–Crippen MR) is 135 cm³/mol. The van der Waals surface area contributed by atoms with Gasteiger partial charge in [0.25, 0.3) is 0 Å². The number of ether oxygens (including phenoxy) is 1. The van der Waals surface area contributed by atoms with Crippen molar-refractivity contribution in [1.29, 1.82) is 0 Å². The summed E-state index contributed by atoms with van der Waals surface area (Å²) in [7, 11) is 0. The molecule has 35 heavy (non-hydrogen) atoms. The van der Waals surface area contributed by atoms with Crippen LogP contribution in [0.4, 0.5) is 0 Å². The standard InChI is InChI=1S/C26H40O3.C4H6O2/c1-8-21(28)25(6)16(3)12-19-20-11-15(2)18-13-17(27)9-10-23(18,4)26(20,7)22(29)14-24(19,25)5;5-4-2-1-3-6-4/h13,15-16,19-20,22,29H,8-12,14H2,1-7H3;1-3H2/t15-,16?,19?,20?,22-,23-,24-,25+,26+;/m0./s1. The van der Waals surface area contributed by atoms with Crippen LogP contribution in [0.1, 0.15) is 99.8 Å². The molecular formula is C30H46O5.